The highest BCUT2D eigenvalue weighted by Gasteiger charge is 2.20. The lowest BCUT2D eigenvalue weighted by molar-refractivity contribution is -0.128. The van der Waals surface area contributed by atoms with Crippen molar-refractivity contribution in [1.82, 2.24) is 14.8 Å². The summed E-state index contributed by atoms with van der Waals surface area (Å²) in [7, 11) is 3.23. The van der Waals surface area contributed by atoms with Crippen LogP contribution in [0, 0.1) is 6.92 Å². The molecule has 156 valence electrons. The van der Waals surface area contributed by atoms with Crippen LogP contribution in [-0.4, -0.2) is 66.8 Å². The van der Waals surface area contributed by atoms with Crippen LogP contribution in [-0.2, 0) is 11.3 Å². The quantitative estimate of drug-likeness (QED) is 0.647. The fraction of sp³-hybridized carbons (Fsp3) is 0.455. The van der Waals surface area contributed by atoms with Gasteiger partial charge in [0.2, 0.25) is 5.91 Å². The number of nitrogens with zero attached hydrogens (tertiary/aromatic N) is 3. The van der Waals surface area contributed by atoms with Crippen LogP contribution in [0.1, 0.15) is 17.8 Å². The van der Waals surface area contributed by atoms with Crippen LogP contribution in [0.4, 0.5) is 0 Å². The van der Waals surface area contributed by atoms with Crippen molar-refractivity contribution in [3.05, 3.63) is 47.8 Å². The summed E-state index contributed by atoms with van der Waals surface area (Å²) >= 11 is 1.53. The molecule has 0 unspecified atom stereocenters. The summed E-state index contributed by atoms with van der Waals surface area (Å²) in [6.07, 6.45) is 0.985. The smallest absolute Gasteiger partial charge is 0.232 e. The van der Waals surface area contributed by atoms with E-state index in [1.165, 1.54) is 11.8 Å². The summed E-state index contributed by atoms with van der Waals surface area (Å²) in [6.45, 7) is 6.29. The van der Waals surface area contributed by atoms with E-state index in [0.717, 1.165) is 55.4 Å². The molecule has 3 rings (SSSR count). The first kappa shape index (κ1) is 21.5. The van der Waals surface area contributed by atoms with E-state index in [9.17, 15) is 4.79 Å². The van der Waals surface area contributed by atoms with Crippen molar-refractivity contribution in [1.29, 1.82) is 0 Å². The lowest BCUT2D eigenvalue weighted by Gasteiger charge is -2.22. The van der Waals surface area contributed by atoms with E-state index in [-0.39, 0.29) is 5.91 Å². The first-order chi connectivity index (χ1) is 14.1. The number of aromatic nitrogens is 1. The Morgan fingerprint density at radius 2 is 1.90 bits per heavy atom. The molecule has 1 amide bonds. The summed E-state index contributed by atoms with van der Waals surface area (Å²) in [4.78, 5) is 22.7. The number of thioether (sulfide) groups is 1. The van der Waals surface area contributed by atoms with Crippen molar-refractivity contribution >= 4 is 17.7 Å². The first-order valence-electron chi connectivity index (χ1n) is 9.86. The van der Waals surface area contributed by atoms with Gasteiger partial charge in [0.05, 0.1) is 25.7 Å². The second kappa shape index (κ2) is 10.5. The van der Waals surface area contributed by atoms with E-state index in [1.807, 2.05) is 36.1 Å². The van der Waals surface area contributed by atoms with Crippen molar-refractivity contribution in [2.75, 3.05) is 46.2 Å². The van der Waals surface area contributed by atoms with Crippen LogP contribution in [0.25, 0.3) is 0 Å². The predicted molar refractivity (Wildman–Crippen MR) is 116 cm³/mol. The third kappa shape index (κ3) is 6.11. The van der Waals surface area contributed by atoms with E-state index in [1.54, 1.807) is 14.2 Å². The summed E-state index contributed by atoms with van der Waals surface area (Å²) in [5, 5.41) is 0. The fourth-order valence-corrected chi connectivity index (χ4v) is 4.27. The van der Waals surface area contributed by atoms with Gasteiger partial charge in [0.25, 0.3) is 0 Å². The van der Waals surface area contributed by atoms with Gasteiger partial charge < -0.3 is 14.4 Å². The third-order valence-electron chi connectivity index (χ3n) is 4.99. The van der Waals surface area contributed by atoms with Gasteiger partial charge in [0.15, 0.2) is 11.5 Å². The normalized spacial score (nSPS) is 15.1. The standard InChI is InChI=1S/C22H29N3O3S/c1-17-6-4-7-18(23-17)15-24-10-5-11-25(13-12-24)22(26)16-29-19-8-9-20(27-2)21(14-19)28-3/h4,6-9,14H,5,10-13,15-16H2,1-3H3. The Balaban J connectivity index is 1.50. The molecule has 0 radical (unpaired) electrons. The van der Waals surface area contributed by atoms with Crippen molar-refractivity contribution in [2.24, 2.45) is 0 Å². The number of methoxy groups -OCH3 is 2. The van der Waals surface area contributed by atoms with Gasteiger partial charge in [-0.2, -0.15) is 0 Å². The van der Waals surface area contributed by atoms with E-state index >= 15 is 0 Å². The first-order valence-corrected chi connectivity index (χ1v) is 10.8. The van der Waals surface area contributed by atoms with Gasteiger partial charge in [0.1, 0.15) is 0 Å². The lowest BCUT2D eigenvalue weighted by atomic mass is 10.3. The molecule has 0 atom stereocenters. The second-order valence-corrected chi connectivity index (χ2v) is 8.14. The summed E-state index contributed by atoms with van der Waals surface area (Å²) in [5.74, 6) is 1.98. The number of rotatable bonds is 7. The Labute approximate surface area is 177 Å². The molecule has 0 bridgehead atoms. The van der Waals surface area contributed by atoms with Gasteiger partial charge in [0, 0.05) is 43.3 Å². The zero-order valence-corrected chi connectivity index (χ0v) is 18.2. The zero-order chi connectivity index (χ0) is 20.6. The number of hydrogen-bond acceptors (Lipinski definition) is 6. The van der Waals surface area contributed by atoms with E-state index in [4.69, 9.17) is 9.47 Å². The number of amides is 1. The van der Waals surface area contributed by atoms with Crippen molar-refractivity contribution in [2.45, 2.75) is 24.8 Å². The number of hydrogen-bond donors (Lipinski definition) is 0. The van der Waals surface area contributed by atoms with Crippen LogP contribution < -0.4 is 9.47 Å². The van der Waals surface area contributed by atoms with E-state index in [0.29, 0.717) is 17.3 Å². The molecule has 0 aliphatic carbocycles. The predicted octanol–water partition coefficient (Wildman–Crippen LogP) is 3.23. The van der Waals surface area contributed by atoms with Crippen molar-refractivity contribution in [3.63, 3.8) is 0 Å². The highest BCUT2D eigenvalue weighted by Crippen LogP contribution is 2.31. The highest BCUT2D eigenvalue weighted by atomic mass is 32.2. The van der Waals surface area contributed by atoms with Gasteiger partial charge in [-0.1, -0.05) is 6.07 Å². The van der Waals surface area contributed by atoms with Gasteiger partial charge in [-0.3, -0.25) is 14.7 Å². The fourth-order valence-electron chi connectivity index (χ4n) is 3.44. The topological polar surface area (TPSA) is 54.9 Å². The molecule has 0 spiro atoms. The van der Waals surface area contributed by atoms with Gasteiger partial charge in [-0.05, 0) is 43.7 Å². The Morgan fingerprint density at radius 3 is 2.66 bits per heavy atom. The van der Waals surface area contributed by atoms with E-state index in [2.05, 4.69) is 22.0 Å². The lowest BCUT2D eigenvalue weighted by Crippen LogP contribution is -2.36. The van der Waals surface area contributed by atoms with Gasteiger partial charge in [-0.15, -0.1) is 11.8 Å². The van der Waals surface area contributed by atoms with E-state index < -0.39 is 0 Å². The monoisotopic (exact) mass is 415 g/mol. The molecule has 1 aromatic heterocycles. The average molecular weight is 416 g/mol. The number of ether oxygens (including phenoxy) is 2. The maximum atomic E-state index is 12.7. The highest BCUT2D eigenvalue weighted by molar-refractivity contribution is 8.00. The molecule has 0 N–H and O–H groups in total. The van der Waals surface area contributed by atoms with Crippen LogP contribution in [0.3, 0.4) is 0 Å². The Kier molecular flexibility index (Phi) is 7.77. The maximum Gasteiger partial charge on any atom is 0.232 e. The number of aryl methyl sites for hydroxylation is 1. The number of carbonyl (C=O) groups excluding carboxylic acids is 1. The second-order valence-electron chi connectivity index (χ2n) is 7.09. The molecule has 0 saturated carbocycles. The van der Waals surface area contributed by atoms with Gasteiger partial charge in [-0.25, -0.2) is 0 Å². The largest absolute Gasteiger partial charge is 0.493 e. The van der Waals surface area contributed by atoms with Crippen LogP contribution >= 0.6 is 11.8 Å². The van der Waals surface area contributed by atoms with Crippen LogP contribution in [0.5, 0.6) is 11.5 Å². The molecule has 2 aromatic rings. The third-order valence-corrected chi connectivity index (χ3v) is 5.97. The number of carbonyl (C=O) groups is 1. The Morgan fingerprint density at radius 1 is 1.07 bits per heavy atom. The number of pyridine rings is 1. The average Bonchev–Trinajstić information content (AvgIpc) is 2.97. The molecular formula is C22H29N3O3S. The zero-order valence-electron chi connectivity index (χ0n) is 17.4. The minimum Gasteiger partial charge on any atom is -0.493 e. The minimum absolute atomic E-state index is 0.181. The number of benzene rings is 1. The summed E-state index contributed by atoms with van der Waals surface area (Å²) in [5.41, 5.74) is 2.13. The maximum absolute atomic E-state index is 12.7. The molecule has 1 aromatic carbocycles. The van der Waals surface area contributed by atoms with Crippen LogP contribution in [0.2, 0.25) is 0 Å². The summed E-state index contributed by atoms with van der Waals surface area (Å²) < 4.78 is 10.6. The van der Waals surface area contributed by atoms with Gasteiger partial charge >= 0.3 is 0 Å². The van der Waals surface area contributed by atoms with Crippen molar-refractivity contribution in [3.8, 4) is 11.5 Å². The Bertz CT molecular complexity index is 831. The molecule has 7 heteroatoms. The molecule has 6 nitrogen and oxygen atoms in total. The SMILES string of the molecule is COc1ccc(SCC(=O)N2CCCN(Cc3cccc(C)n3)CC2)cc1OC. The Hall–Kier alpha value is -2.25. The minimum atomic E-state index is 0.181. The molecule has 1 fully saturated rings. The molecule has 1 aliphatic rings. The van der Waals surface area contributed by atoms with Crippen molar-refractivity contribution < 1.29 is 14.3 Å². The molecule has 1 aliphatic heterocycles. The molecule has 2 heterocycles. The molecular weight excluding hydrogens is 386 g/mol. The molecule has 29 heavy (non-hydrogen) atoms. The summed E-state index contributed by atoms with van der Waals surface area (Å²) in [6, 6.07) is 11.9. The molecule has 1 saturated heterocycles. The van der Waals surface area contributed by atoms with Crippen LogP contribution in [0.15, 0.2) is 41.3 Å².